The molecule has 1 heterocycles. The van der Waals surface area contributed by atoms with Crippen molar-refractivity contribution >= 4 is 29.1 Å². The summed E-state index contributed by atoms with van der Waals surface area (Å²) in [6, 6.07) is 8.15. The lowest BCUT2D eigenvalue weighted by molar-refractivity contribution is -0.385. The molecule has 0 aliphatic heterocycles. The number of nitro groups is 1. The molecule has 7 nitrogen and oxygen atoms in total. The monoisotopic (exact) mass is 319 g/mol. The largest absolute Gasteiger partial charge is 0.490 e. The molecule has 1 N–H and O–H groups in total. The number of hydrazone groups is 1. The first-order valence-corrected chi connectivity index (χ1v) is 7.15. The third kappa shape index (κ3) is 4.13. The number of ether oxygens (including phenoxy) is 1. The lowest BCUT2D eigenvalue weighted by atomic mass is 10.2. The van der Waals surface area contributed by atoms with Crippen molar-refractivity contribution in [1.29, 1.82) is 0 Å². The fraction of sp³-hybridized carbons (Fsp3) is 0.143. The van der Waals surface area contributed by atoms with Gasteiger partial charge in [-0.2, -0.15) is 5.10 Å². The summed E-state index contributed by atoms with van der Waals surface area (Å²) in [5, 5.41) is 16.6. The lowest BCUT2D eigenvalue weighted by Gasteiger charge is -2.02. The van der Waals surface area contributed by atoms with Crippen LogP contribution in [0.15, 0.2) is 40.8 Å². The fourth-order valence-electron chi connectivity index (χ4n) is 1.72. The molecule has 0 saturated heterocycles. The molecule has 0 saturated carbocycles. The molecule has 1 aromatic heterocycles. The van der Waals surface area contributed by atoms with E-state index in [0.29, 0.717) is 5.56 Å². The Labute approximate surface area is 130 Å². The van der Waals surface area contributed by atoms with Crippen molar-refractivity contribution < 1.29 is 14.5 Å². The maximum Gasteiger partial charge on any atom is 0.311 e. The number of hydrogen-bond donors (Lipinski definition) is 1. The molecule has 114 valence electrons. The molecule has 0 unspecified atom stereocenters. The SMILES string of the molecule is COc1ccc(C=NNC(=O)Cc2cccs2)cc1[N+](=O)[O-]. The van der Waals surface area contributed by atoms with Gasteiger partial charge in [-0.05, 0) is 23.6 Å². The first-order valence-electron chi connectivity index (χ1n) is 6.27. The van der Waals surface area contributed by atoms with Crippen molar-refractivity contribution in [2.75, 3.05) is 7.11 Å². The number of nitro benzene ring substituents is 1. The second-order valence-electron chi connectivity index (χ2n) is 4.24. The molecule has 8 heteroatoms. The summed E-state index contributed by atoms with van der Waals surface area (Å²) in [6.45, 7) is 0. The van der Waals surface area contributed by atoms with Gasteiger partial charge in [0.1, 0.15) is 0 Å². The van der Waals surface area contributed by atoms with E-state index in [0.717, 1.165) is 4.88 Å². The zero-order chi connectivity index (χ0) is 15.9. The molecule has 0 radical (unpaired) electrons. The maximum absolute atomic E-state index is 11.6. The highest BCUT2D eigenvalue weighted by molar-refractivity contribution is 7.10. The predicted octanol–water partition coefficient (Wildman–Crippen LogP) is 2.36. The summed E-state index contributed by atoms with van der Waals surface area (Å²) < 4.78 is 4.91. The third-order valence-corrected chi connectivity index (χ3v) is 3.59. The fourth-order valence-corrected chi connectivity index (χ4v) is 2.42. The Morgan fingerprint density at radius 2 is 2.32 bits per heavy atom. The average Bonchev–Trinajstić information content (AvgIpc) is 2.99. The number of benzene rings is 1. The van der Waals surface area contributed by atoms with E-state index in [-0.39, 0.29) is 23.8 Å². The van der Waals surface area contributed by atoms with Gasteiger partial charge in [0.2, 0.25) is 5.91 Å². The summed E-state index contributed by atoms with van der Waals surface area (Å²) in [7, 11) is 1.36. The van der Waals surface area contributed by atoms with Crippen molar-refractivity contribution in [3.8, 4) is 5.75 Å². The zero-order valence-corrected chi connectivity index (χ0v) is 12.5. The van der Waals surface area contributed by atoms with Gasteiger partial charge in [0.25, 0.3) is 0 Å². The standard InChI is InChI=1S/C14H13N3O4S/c1-21-13-5-4-10(7-12(13)17(19)20)9-15-16-14(18)8-11-3-2-6-22-11/h2-7,9H,8H2,1H3,(H,16,18). The molecule has 1 aromatic carbocycles. The van der Waals surface area contributed by atoms with Crippen LogP contribution in [0, 0.1) is 10.1 Å². The molecule has 0 spiro atoms. The highest BCUT2D eigenvalue weighted by Crippen LogP contribution is 2.26. The van der Waals surface area contributed by atoms with E-state index in [9.17, 15) is 14.9 Å². The number of carbonyl (C=O) groups excluding carboxylic acids is 1. The summed E-state index contributed by atoms with van der Waals surface area (Å²) in [4.78, 5) is 22.9. The summed E-state index contributed by atoms with van der Waals surface area (Å²) in [5.41, 5.74) is 2.72. The highest BCUT2D eigenvalue weighted by Gasteiger charge is 2.14. The van der Waals surface area contributed by atoms with Gasteiger partial charge in [-0.1, -0.05) is 6.07 Å². The molecule has 0 aliphatic carbocycles. The Balaban J connectivity index is 1.99. The number of carbonyl (C=O) groups is 1. The smallest absolute Gasteiger partial charge is 0.311 e. The molecule has 2 aromatic rings. The molecule has 0 fully saturated rings. The van der Waals surface area contributed by atoms with Crippen molar-refractivity contribution in [1.82, 2.24) is 5.43 Å². The van der Waals surface area contributed by atoms with Crippen LogP contribution >= 0.6 is 11.3 Å². The lowest BCUT2D eigenvalue weighted by Crippen LogP contribution is -2.19. The van der Waals surface area contributed by atoms with Crippen LogP contribution < -0.4 is 10.2 Å². The highest BCUT2D eigenvalue weighted by atomic mass is 32.1. The molecule has 0 bridgehead atoms. The first kappa shape index (κ1) is 15.6. The Morgan fingerprint density at radius 3 is 2.95 bits per heavy atom. The third-order valence-electron chi connectivity index (χ3n) is 2.72. The first-order chi connectivity index (χ1) is 10.6. The molecule has 0 atom stereocenters. The topological polar surface area (TPSA) is 93.8 Å². The minimum Gasteiger partial charge on any atom is -0.490 e. The average molecular weight is 319 g/mol. The van der Waals surface area contributed by atoms with E-state index in [1.807, 2.05) is 17.5 Å². The molecular formula is C14H13N3O4S. The molecule has 2 rings (SSSR count). The number of rotatable bonds is 6. The number of methoxy groups -OCH3 is 1. The molecule has 0 aliphatic rings. The van der Waals surface area contributed by atoms with Crippen LogP contribution in [-0.4, -0.2) is 24.2 Å². The second kappa shape index (κ2) is 7.32. The van der Waals surface area contributed by atoms with Crippen LogP contribution in [0.3, 0.4) is 0 Å². The minimum atomic E-state index is -0.536. The number of amides is 1. The summed E-state index contributed by atoms with van der Waals surface area (Å²) in [5.74, 6) is -0.0782. The van der Waals surface area contributed by atoms with Gasteiger partial charge in [-0.15, -0.1) is 11.3 Å². The van der Waals surface area contributed by atoms with E-state index in [2.05, 4.69) is 10.5 Å². The van der Waals surface area contributed by atoms with E-state index in [1.54, 1.807) is 6.07 Å². The maximum atomic E-state index is 11.6. The quantitative estimate of drug-likeness (QED) is 0.502. The molecular weight excluding hydrogens is 306 g/mol. The van der Waals surface area contributed by atoms with Crippen molar-refractivity contribution in [2.24, 2.45) is 5.10 Å². The minimum absolute atomic E-state index is 0.156. The van der Waals surface area contributed by atoms with Gasteiger partial charge >= 0.3 is 5.69 Å². The Bertz CT molecular complexity index is 698. The Morgan fingerprint density at radius 1 is 1.50 bits per heavy atom. The van der Waals surface area contributed by atoms with Gasteiger partial charge < -0.3 is 4.74 Å². The summed E-state index contributed by atoms with van der Waals surface area (Å²) in [6.07, 6.45) is 1.59. The van der Waals surface area contributed by atoms with Crippen LogP contribution in [0.25, 0.3) is 0 Å². The number of nitrogens with one attached hydrogen (secondary N) is 1. The second-order valence-corrected chi connectivity index (χ2v) is 5.27. The van der Waals surface area contributed by atoms with Crippen LogP contribution in [0.1, 0.15) is 10.4 Å². The van der Waals surface area contributed by atoms with Crippen molar-refractivity contribution in [3.05, 3.63) is 56.3 Å². The summed E-state index contributed by atoms with van der Waals surface area (Å²) >= 11 is 1.49. The van der Waals surface area contributed by atoms with Crippen LogP contribution in [0.2, 0.25) is 0 Å². The zero-order valence-electron chi connectivity index (χ0n) is 11.7. The van der Waals surface area contributed by atoms with Gasteiger partial charge in [0.15, 0.2) is 5.75 Å². The molecule has 1 amide bonds. The van der Waals surface area contributed by atoms with E-state index in [4.69, 9.17) is 4.74 Å². The van der Waals surface area contributed by atoms with Crippen LogP contribution in [0.5, 0.6) is 5.75 Å². The Hall–Kier alpha value is -2.74. The van der Waals surface area contributed by atoms with Crippen LogP contribution in [0.4, 0.5) is 5.69 Å². The number of nitrogens with zero attached hydrogens (tertiary/aromatic N) is 2. The van der Waals surface area contributed by atoms with Gasteiger partial charge in [0.05, 0.1) is 24.7 Å². The van der Waals surface area contributed by atoms with E-state index in [1.165, 1.54) is 36.8 Å². The number of thiophene rings is 1. The van der Waals surface area contributed by atoms with Gasteiger partial charge in [-0.3, -0.25) is 14.9 Å². The van der Waals surface area contributed by atoms with Crippen LogP contribution in [-0.2, 0) is 11.2 Å². The van der Waals surface area contributed by atoms with Crippen molar-refractivity contribution in [2.45, 2.75) is 6.42 Å². The van der Waals surface area contributed by atoms with Crippen molar-refractivity contribution in [3.63, 3.8) is 0 Å². The normalized spacial score (nSPS) is 10.6. The Kier molecular flexibility index (Phi) is 5.21. The van der Waals surface area contributed by atoms with Gasteiger partial charge in [0, 0.05) is 16.5 Å². The van der Waals surface area contributed by atoms with E-state index < -0.39 is 4.92 Å². The number of hydrogen-bond acceptors (Lipinski definition) is 6. The predicted molar refractivity (Wildman–Crippen MR) is 83.4 cm³/mol. The molecule has 22 heavy (non-hydrogen) atoms. The van der Waals surface area contributed by atoms with E-state index >= 15 is 0 Å². The van der Waals surface area contributed by atoms with Gasteiger partial charge in [-0.25, -0.2) is 5.43 Å².